The van der Waals surface area contributed by atoms with Crippen molar-refractivity contribution in [2.45, 2.75) is 0 Å². The molecular formula is C6H4BrClN2O. The molecule has 1 N–H and O–H groups in total. The summed E-state index contributed by atoms with van der Waals surface area (Å²) in [5, 5.41) is 11.5. The predicted molar refractivity (Wildman–Crippen MR) is 46.3 cm³/mol. The fourth-order valence-corrected chi connectivity index (χ4v) is 1.24. The molecule has 0 amide bonds. The lowest BCUT2D eigenvalue weighted by Crippen LogP contribution is -1.85. The van der Waals surface area contributed by atoms with Gasteiger partial charge in [-0.2, -0.15) is 0 Å². The highest BCUT2D eigenvalue weighted by atomic mass is 79.9. The molecule has 0 bridgehead atoms. The molecule has 11 heavy (non-hydrogen) atoms. The summed E-state index contributed by atoms with van der Waals surface area (Å²) in [4.78, 5) is 3.89. The number of halogens is 2. The van der Waals surface area contributed by atoms with Crippen molar-refractivity contribution in [2.24, 2.45) is 5.16 Å². The zero-order valence-electron chi connectivity index (χ0n) is 5.33. The molecule has 1 aromatic heterocycles. The Kier molecular flexibility index (Phi) is 2.84. The number of oxime groups is 1. The Balaban J connectivity index is 3.09. The summed E-state index contributed by atoms with van der Waals surface area (Å²) in [6, 6.07) is 1.62. The summed E-state index contributed by atoms with van der Waals surface area (Å²) < 4.78 is 0.651. The third kappa shape index (κ3) is 2.17. The lowest BCUT2D eigenvalue weighted by molar-refractivity contribution is 0.322. The van der Waals surface area contributed by atoms with Gasteiger partial charge in [0.1, 0.15) is 4.60 Å². The number of pyridine rings is 1. The van der Waals surface area contributed by atoms with Gasteiger partial charge >= 0.3 is 0 Å². The average Bonchev–Trinajstić information content (AvgIpc) is 1.95. The Morgan fingerprint density at radius 3 is 3.00 bits per heavy atom. The van der Waals surface area contributed by atoms with Gasteiger partial charge in [0.15, 0.2) is 0 Å². The Bertz CT molecular complexity index is 290. The summed E-state index contributed by atoms with van der Waals surface area (Å²) in [6.07, 6.45) is 2.73. The van der Waals surface area contributed by atoms with Crippen molar-refractivity contribution in [2.75, 3.05) is 0 Å². The molecule has 0 spiro atoms. The zero-order chi connectivity index (χ0) is 8.27. The van der Waals surface area contributed by atoms with Gasteiger partial charge in [-0.25, -0.2) is 4.98 Å². The first-order valence-corrected chi connectivity index (χ1v) is 3.89. The lowest BCUT2D eigenvalue weighted by Gasteiger charge is -1.95. The molecule has 0 saturated carbocycles. The Morgan fingerprint density at radius 2 is 2.45 bits per heavy atom. The van der Waals surface area contributed by atoms with Crippen LogP contribution in [0.2, 0.25) is 5.02 Å². The van der Waals surface area contributed by atoms with E-state index in [1.165, 1.54) is 12.4 Å². The normalized spacial score (nSPS) is 10.7. The molecule has 0 fully saturated rings. The van der Waals surface area contributed by atoms with Crippen LogP contribution in [0.25, 0.3) is 0 Å². The van der Waals surface area contributed by atoms with Gasteiger partial charge in [-0.3, -0.25) is 0 Å². The number of aromatic nitrogens is 1. The van der Waals surface area contributed by atoms with Crippen molar-refractivity contribution in [1.82, 2.24) is 4.98 Å². The van der Waals surface area contributed by atoms with Crippen LogP contribution in [0.3, 0.4) is 0 Å². The molecule has 0 aromatic carbocycles. The summed E-state index contributed by atoms with van der Waals surface area (Å²) in [6.45, 7) is 0. The molecule has 1 heterocycles. The molecule has 0 aliphatic heterocycles. The standard InChI is InChI=1S/C6H4BrClN2O/c7-6-1-5(8)4(2-9-6)3-10-11/h1-3,11H/b10-3-. The summed E-state index contributed by atoms with van der Waals surface area (Å²) in [5.41, 5.74) is 0.581. The van der Waals surface area contributed by atoms with E-state index in [0.29, 0.717) is 15.2 Å². The molecule has 0 aliphatic rings. The maximum Gasteiger partial charge on any atom is 0.107 e. The molecule has 1 rings (SSSR count). The van der Waals surface area contributed by atoms with E-state index in [1.54, 1.807) is 6.07 Å². The van der Waals surface area contributed by atoms with Crippen molar-refractivity contribution in [3.8, 4) is 0 Å². The van der Waals surface area contributed by atoms with Crippen LogP contribution in [0, 0.1) is 0 Å². The van der Waals surface area contributed by atoms with Gasteiger partial charge in [-0.05, 0) is 22.0 Å². The third-order valence-electron chi connectivity index (χ3n) is 1.05. The summed E-state index contributed by atoms with van der Waals surface area (Å²) >= 11 is 8.88. The van der Waals surface area contributed by atoms with Crippen LogP contribution < -0.4 is 0 Å². The molecule has 0 unspecified atom stereocenters. The minimum atomic E-state index is 0.490. The van der Waals surface area contributed by atoms with E-state index in [1.807, 2.05) is 0 Å². The number of hydrogen-bond donors (Lipinski definition) is 1. The van der Waals surface area contributed by atoms with Crippen LogP contribution in [0.1, 0.15) is 5.56 Å². The first kappa shape index (κ1) is 8.49. The summed E-state index contributed by atoms with van der Waals surface area (Å²) in [7, 11) is 0. The van der Waals surface area contributed by atoms with Gasteiger partial charge in [0.2, 0.25) is 0 Å². The van der Waals surface area contributed by atoms with E-state index in [0.717, 1.165) is 0 Å². The van der Waals surface area contributed by atoms with Crippen molar-refractivity contribution in [3.05, 3.63) is 27.5 Å². The first-order chi connectivity index (χ1) is 5.24. The van der Waals surface area contributed by atoms with E-state index in [-0.39, 0.29) is 0 Å². The Hall–Kier alpha value is -0.610. The zero-order valence-corrected chi connectivity index (χ0v) is 7.67. The molecule has 0 aliphatic carbocycles. The average molecular weight is 235 g/mol. The second-order valence-electron chi connectivity index (χ2n) is 1.77. The largest absolute Gasteiger partial charge is 0.411 e. The predicted octanol–water partition coefficient (Wildman–Crippen LogP) is 2.31. The van der Waals surface area contributed by atoms with E-state index in [2.05, 4.69) is 26.1 Å². The van der Waals surface area contributed by atoms with Crippen LogP contribution in [-0.2, 0) is 0 Å². The van der Waals surface area contributed by atoms with Gasteiger partial charge in [0.05, 0.1) is 11.2 Å². The van der Waals surface area contributed by atoms with Crippen LogP contribution in [0.15, 0.2) is 22.0 Å². The van der Waals surface area contributed by atoms with Gasteiger partial charge in [0, 0.05) is 11.8 Å². The molecule has 58 valence electrons. The minimum Gasteiger partial charge on any atom is -0.411 e. The van der Waals surface area contributed by atoms with E-state index in [4.69, 9.17) is 16.8 Å². The van der Waals surface area contributed by atoms with Crippen LogP contribution in [0.4, 0.5) is 0 Å². The fourth-order valence-electron chi connectivity index (χ4n) is 0.575. The molecule has 3 nitrogen and oxygen atoms in total. The number of nitrogens with zero attached hydrogens (tertiary/aromatic N) is 2. The van der Waals surface area contributed by atoms with Gasteiger partial charge in [-0.15, -0.1) is 0 Å². The second kappa shape index (κ2) is 3.69. The highest BCUT2D eigenvalue weighted by Crippen LogP contribution is 2.16. The van der Waals surface area contributed by atoms with E-state index < -0.39 is 0 Å². The van der Waals surface area contributed by atoms with Crippen LogP contribution in [0.5, 0.6) is 0 Å². The fraction of sp³-hybridized carbons (Fsp3) is 0. The van der Waals surface area contributed by atoms with Crippen molar-refractivity contribution >= 4 is 33.7 Å². The second-order valence-corrected chi connectivity index (χ2v) is 2.99. The lowest BCUT2D eigenvalue weighted by atomic mass is 10.3. The third-order valence-corrected chi connectivity index (χ3v) is 1.81. The van der Waals surface area contributed by atoms with E-state index >= 15 is 0 Å². The first-order valence-electron chi connectivity index (χ1n) is 2.72. The van der Waals surface area contributed by atoms with Crippen LogP contribution in [-0.4, -0.2) is 16.4 Å². The number of hydrogen-bond acceptors (Lipinski definition) is 3. The quantitative estimate of drug-likeness (QED) is 0.351. The smallest absolute Gasteiger partial charge is 0.107 e. The van der Waals surface area contributed by atoms with Gasteiger partial charge in [-0.1, -0.05) is 16.8 Å². The van der Waals surface area contributed by atoms with E-state index in [9.17, 15) is 0 Å². The van der Waals surface area contributed by atoms with Crippen LogP contribution >= 0.6 is 27.5 Å². The Morgan fingerprint density at radius 1 is 1.73 bits per heavy atom. The highest BCUT2D eigenvalue weighted by Gasteiger charge is 1.98. The Labute approximate surface area is 76.8 Å². The molecule has 0 radical (unpaired) electrons. The SMILES string of the molecule is O/N=C\c1cnc(Br)cc1Cl. The van der Waals surface area contributed by atoms with Crippen molar-refractivity contribution in [1.29, 1.82) is 0 Å². The van der Waals surface area contributed by atoms with Gasteiger partial charge in [0.25, 0.3) is 0 Å². The molecule has 5 heteroatoms. The topological polar surface area (TPSA) is 45.5 Å². The maximum absolute atomic E-state index is 8.18. The molecular weight excluding hydrogens is 231 g/mol. The molecule has 0 saturated heterocycles. The molecule has 1 aromatic rings. The number of rotatable bonds is 1. The monoisotopic (exact) mass is 234 g/mol. The maximum atomic E-state index is 8.18. The summed E-state index contributed by atoms with van der Waals surface area (Å²) in [5.74, 6) is 0. The minimum absolute atomic E-state index is 0.490. The molecule has 0 atom stereocenters. The van der Waals surface area contributed by atoms with Gasteiger partial charge < -0.3 is 5.21 Å². The van der Waals surface area contributed by atoms with Crippen molar-refractivity contribution in [3.63, 3.8) is 0 Å². The highest BCUT2D eigenvalue weighted by molar-refractivity contribution is 9.10. The van der Waals surface area contributed by atoms with Crippen molar-refractivity contribution < 1.29 is 5.21 Å².